The minimum absolute atomic E-state index is 0.558. The maximum absolute atomic E-state index is 4.53. The van der Waals surface area contributed by atoms with Crippen LogP contribution in [0.4, 0.5) is 5.82 Å². The first-order valence-corrected chi connectivity index (χ1v) is 6.68. The Kier molecular flexibility index (Phi) is 2.89. The van der Waals surface area contributed by atoms with Crippen molar-refractivity contribution in [3.63, 3.8) is 0 Å². The zero-order valence-corrected chi connectivity index (χ0v) is 10.9. The third-order valence-electron chi connectivity index (χ3n) is 3.79. The summed E-state index contributed by atoms with van der Waals surface area (Å²) in [6.07, 6.45) is 5.10. The Hall–Kier alpha value is -1.65. The van der Waals surface area contributed by atoms with E-state index >= 15 is 0 Å². The summed E-state index contributed by atoms with van der Waals surface area (Å²) in [4.78, 5) is 0. The first kappa shape index (κ1) is 11.4. The molecule has 0 bridgehead atoms. The third-order valence-corrected chi connectivity index (χ3v) is 3.79. The van der Waals surface area contributed by atoms with Gasteiger partial charge in [-0.25, -0.2) is 0 Å². The van der Waals surface area contributed by atoms with Crippen molar-refractivity contribution in [3.8, 4) is 0 Å². The molecule has 0 radical (unpaired) electrons. The molecule has 2 heterocycles. The van der Waals surface area contributed by atoms with E-state index in [1.807, 2.05) is 19.1 Å². The largest absolute Gasteiger partial charge is 0.366 e. The minimum Gasteiger partial charge on any atom is -0.366 e. The molecular formula is C13H19N5. The monoisotopic (exact) mass is 245 g/mol. The summed E-state index contributed by atoms with van der Waals surface area (Å²) in [6.45, 7) is 4.25. The quantitative estimate of drug-likeness (QED) is 0.882. The fraction of sp³-hybridized carbons (Fsp3) is 0.615. The van der Waals surface area contributed by atoms with Crippen molar-refractivity contribution in [2.24, 2.45) is 5.92 Å². The van der Waals surface area contributed by atoms with Crippen LogP contribution in [0.15, 0.2) is 12.1 Å². The second-order valence-corrected chi connectivity index (χ2v) is 5.34. The number of nitrogens with zero attached hydrogens (tertiary/aromatic N) is 4. The van der Waals surface area contributed by atoms with Crippen molar-refractivity contribution in [2.45, 2.75) is 45.6 Å². The number of rotatable bonds is 2. The fourth-order valence-electron chi connectivity index (χ4n) is 2.59. The van der Waals surface area contributed by atoms with Crippen molar-refractivity contribution in [3.05, 3.63) is 18.0 Å². The second kappa shape index (κ2) is 4.55. The van der Waals surface area contributed by atoms with E-state index in [9.17, 15) is 0 Å². The van der Waals surface area contributed by atoms with E-state index in [0.29, 0.717) is 6.04 Å². The van der Waals surface area contributed by atoms with Gasteiger partial charge in [-0.2, -0.15) is 4.52 Å². The maximum atomic E-state index is 4.53. The number of hydrogen-bond donors (Lipinski definition) is 1. The van der Waals surface area contributed by atoms with E-state index in [-0.39, 0.29) is 0 Å². The van der Waals surface area contributed by atoms with Crippen LogP contribution in [0.5, 0.6) is 0 Å². The van der Waals surface area contributed by atoms with Crippen molar-refractivity contribution < 1.29 is 0 Å². The summed E-state index contributed by atoms with van der Waals surface area (Å²) in [7, 11) is 0. The molecule has 1 saturated carbocycles. The highest BCUT2D eigenvalue weighted by atomic mass is 15.4. The van der Waals surface area contributed by atoms with E-state index in [0.717, 1.165) is 23.2 Å². The lowest BCUT2D eigenvalue weighted by Gasteiger charge is -2.27. The Labute approximate surface area is 107 Å². The average Bonchev–Trinajstić information content (AvgIpc) is 2.74. The molecule has 0 unspecified atom stereocenters. The van der Waals surface area contributed by atoms with Crippen molar-refractivity contribution in [1.29, 1.82) is 0 Å². The molecule has 1 N–H and O–H groups in total. The fourth-order valence-corrected chi connectivity index (χ4v) is 2.59. The summed E-state index contributed by atoms with van der Waals surface area (Å²) in [6, 6.07) is 4.50. The van der Waals surface area contributed by atoms with Gasteiger partial charge in [-0.15, -0.1) is 15.3 Å². The van der Waals surface area contributed by atoms with Gasteiger partial charge in [-0.1, -0.05) is 6.92 Å². The van der Waals surface area contributed by atoms with Crippen LogP contribution in [-0.2, 0) is 0 Å². The maximum Gasteiger partial charge on any atom is 0.178 e. The van der Waals surface area contributed by atoms with Crippen LogP contribution >= 0.6 is 0 Å². The van der Waals surface area contributed by atoms with Gasteiger partial charge in [0.2, 0.25) is 0 Å². The summed E-state index contributed by atoms with van der Waals surface area (Å²) >= 11 is 0. The molecule has 5 nitrogen and oxygen atoms in total. The first-order valence-electron chi connectivity index (χ1n) is 6.68. The van der Waals surface area contributed by atoms with E-state index in [1.54, 1.807) is 4.52 Å². The topological polar surface area (TPSA) is 55.1 Å². The summed E-state index contributed by atoms with van der Waals surface area (Å²) in [5.74, 6) is 2.62. The van der Waals surface area contributed by atoms with Gasteiger partial charge in [0, 0.05) is 6.04 Å². The predicted octanol–water partition coefficient (Wildman–Crippen LogP) is 2.42. The normalized spacial score (nSPS) is 24.3. The molecular weight excluding hydrogens is 226 g/mol. The van der Waals surface area contributed by atoms with Gasteiger partial charge in [0.1, 0.15) is 5.82 Å². The molecule has 1 aliphatic carbocycles. The van der Waals surface area contributed by atoms with Crippen LogP contribution in [0.1, 0.15) is 38.4 Å². The Bertz CT molecular complexity index is 539. The van der Waals surface area contributed by atoms with Gasteiger partial charge in [-0.05, 0) is 50.7 Å². The standard InChI is InChI=1S/C13H19N5/c1-9-3-5-11(6-4-9)14-12-7-8-13-16-15-10(2)18(13)17-12/h7-9,11H,3-6H2,1-2H3,(H,14,17). The van der Waals surface area contributed by atoms with Gasteiger partial charge < -0.3 is 5.32 Å². The Balaban J connectivity index is 1.76. The van der Waals surface area contributed by atoms with Gasteiger partial charge in [-0.3, -0.25) is 0 Å². The molecule has 0 atom stereocenters. The Morgan fingerprint density at radius 3 is 2.72 bits per heavy atom. The lowest BCUT2D eigenvalue weighted by molar-refractivity contribution is 0.360. The number of nitrogens with one attached hydrogen (secondary N) is 1. The SMILES string of the molecule is Cc1nnc2ccc(NC3CCC(C)CC3)nn12. The molecule has 96 valence electrons. The smallest absolute Gasteiger partial charge is 0.178 e. The second-order valence-electron chi connectivity index (χ2n) is 5.34. The van der Waals surface area contributed by atoms with E-state index < -0.39 is 0 Å². The van der Waals surface area contributed by atoms with Crippen LogP contribution < -0.4 is 5.32 Å². The highest BCUT2D eigenvalue weighted by Gasteiger charge is 2.18. The molecule has 0 aliphatic heterocycles. The Morgan fingerprint density at radius 2 is 1.94 bits per heavy atom. The van der Waals surface area contributed by atoms with Crippen LogP contribution in [0, 0.1) is 12.8 Å². The number of anilines is 1. The molecule has 1 fully saturated rings. The molecule has 2 aromatic heterocycles. The molecule has 3 rings (SSSR count). The Morgan fingerprint density at radius 1 is 1.17 bits per heavy atom. The molecule has 18 heavy (non-hydrogen) atoms. The zero-order chi connectivity index (χ0) is 12.5. The number of hydrogen-bond acceptors (Lipinski definition) is 4. The number of aromatic nitrogens is 4. The highest BCUT2D eigenvalue weighted by Crippen LogP contribution is 2.25. The predicted molar refractivity (Wildman–Crippen MR) is 70.6 cm³/mol. The zero-order valence-electron chi connectivity index (χ0n) is 10.9. The van der Waals surface area contributed by atoms with Crippen molar-refractivity contribution in [2.75, 3.05) is 5.32 Å². The van der Waals surface area contributed by atoms with Gasteiger partial charge in [0.05, 0.1) is 0 Å². The molecule has 1 aliphatic rings. The van der Waals surface area contributed by atoms with Crippen LogP contribution in [0.25, 0.3) is 5.65 Å². The molecule has 0 saturated heterocycles. The number of fused-ring (bicyclic) bond motifs is 1. The van der Waals surface area contributed by atoms with Crippen LogP contribution in [-0.4, -0.2) is 25.9 Å². The van der Waals surface area contributed by atoms with Crippen molar-refractivity contribution in [1.82, 2.24) is 19.8 Å². The van der Waals surface area contributed by atoms with Gasteiger partial charge >= 0.3 is 0 Å². The van der Waals surface area contributed by atoms with E-state index in [1.165, 1.54) is 25.7 Å². The molecule has 0 spiro atoms. The molecule has 0 amide bonds. The third kappa shape index (κ3) is 2.17. The average molecular weight is 245 g/mol. The first-order chi connectivity index (χ1) is 8.72. The lowest BCUT2D eigenvalue weighted by Crippen LogP contribution is -2.25. The highest BCUT2D eigenvalue weighted by molar-refractivity contribution is 5.44. The molecule has 2 aromatic rings. The minimum atomic E-state index is 0.558. The van der Waals surface area contributed by atoms with Crippen LogP contribution in [0.2, 0.25) is 0 Å². The summed E-state index contributed by atoms with van der Waals surface area (Å²) in [5, 5.41) is 16.1. The lowest BCUT2D eigenvalue weighted by atomic mass is 9.87. The van der Waals surface area contributed by atoms with Crippen LogP contribution in [0.3, 0.4) is 0 Å². The van der Waals surface area contributed by atoms with Crippen molar-refractivity contribution >= 4 is 11.5 Å². The van der Waals surface area contributed by atoms with E-state index in [2.05, 4.69) is 27.5 Å². The molecule has 0 aromatic carbocycles. The molecule has 5 heteroatoms. The van der Waals surface area contributed by atoms with E-state index in [4.69, 9.17) is 0 Å². The summed E-state index contributed by atoms with van der Waals surface area (Å²) < 4.78 is 1.79. The summed E-state index contributed by atoms with van der Waals surface area (Å²) in [5.41, 5.74) is 0.801. The number of aryl methyl sites for hydroxylation is 1. The van der Waals surface area contributed by atoms with Gasteiger partial charge in [0.25, 0.3) is 0 Å². The van der Waals surface area contributed by atoms with Gasteiger partial charge in [0.15, 0.2) is 11.5 Å².